The molecule has 0 aromatic rings. The van der Waals surface area contributed by atoms with Gasteiger partial charge in [-0.3, -0.25) is 0 Å². The quantitative estimate of drug-likeness (QED) is 0.105. The zero-order chi connectivity index (χ0) is 19.3. The van der Waals surface area contributed by atoms with E-state index in [1.54, 1.807) is 0 Å². The van der Waals surface area contributed by atoms with Crippen LogP contribution >= 0.6 is 47.5 Å². The summed E-state index contributed by atoms with van der Waals surface area (Å²) < 4.78 is 0. The lowest BCUT2D eigenvalue weighted by molar-refractivity contribution is 0.447. The summed E-state index contributed by atoms with van der Waals surface area (Å²) in [6.07, 6.45) is 27.0. The van der Waals surface area contributed by atoms with Crippen molar-refractivity contribution in [1.29, 1.82) is 0 Å². The molecule has 0 saturated heterocycles. The molecule has 1 rings (SSSR count). The number of unbranched alkanes of at least 4 members (excludes halogenated alkanes) is 15. The third kappa shape index (κ3) is 20.3. The molecule has 4 heteroatoms. The second kappa shape index (κ2) is 24.2. The fraction of sp³-hybridized carbons (Fsp3) is 0.917. The number of hydrogen-bond donors (Lipinski definition) is 0. The van der Waals surface area contributed by atoms with Crippen molar-refractivity contribution < 1.29 is 0 Å². The van der Waals surface area contributed by atoms with E-state index in [4.69, 9.17) is 0 Å². The Bertz CT molecular complexity index is 326. The predicted octanol–water partition coefficient (Wildman–Crippen LogP) is 9.47. The number of rotatable bonds is 21. The largest absolute Gasteiger partial charge is 0.367 e. The molecule has 0 aromatic heterocycles. The number of nitrogens with zero attached hydrogens (tertiary/aromatic N) is 1. The normalized spacial score (nSPS) is 13.2. The molecule has 0 radical (unpaired) electrons. The first-order chi connectivity index (χ1) is 13.4. The Labute approximate surface area is 203 Å². The Morgan fingerprint density at radius 1 is 0.679 bits per heavy atom. The molecule has 1 aliphatic rings. The standard InChI is InChI=1S/C24H47NS2.HI/c1-2-3-4-5-6-7-8-9-10-11-12-13-14-15-16-17-21-26-22-18-19-25-20-23-27-24-25;/h20,23H,2-19,21-22,24H2,1H3;1H. The van der Waals surface area contributed by atoms with Gasteiger partial charge >= 0.3 is 0 Å². The molecule has 1 nitrogen and oxygen atoms in total. The van der Waals surface area contributed by atoms with Gasteiger partial charge in [0.05, 0.1) is 5.88 Å². The Morgan fingerprint density at radius 2 is 1.14 bits per heavy atom. The minimum absolute atomic E-state index is 0. The minimum Gasteiger partial charge on any atom is -0.367 e. The molecular formula is C24H48INS2. The van der Waals surface area contributed by atoms with Crippen molar-refractivity contribution in [2.45, 2.75) is 116 Å². The summed E-state index contributed by atoms with van der Waals surface area (Å²) in [5.74, 6) is 3.89. The minimum atomic E-state index is 0. The van der Waals surface area contributed by atoms with Gasteiger partial charge in [0.15, 0.2) is 0 Å². The van der Waals surface area contributed by atoms with E-state index in [0.29, 0.717) is 0 Å². The maximum Gasteiger partial charge on any atom is 0.0675 e. The van der Waals surface area contributed by atoms with Crippen LogP contribution in [0.25, 0.3) is 0 Å². The van der Waals surface area contributed by atoms with Gasteiger partial charge in [-0.05, 0) is 29.8 Å². The second-order valence-electron chi connectivity index (χ2n) is 8.16. The summed E-state index contributed by atoms with van der Waals surface area (Å²) in [5.41, 5.74) is 0. The summed E-state index contributed by atoms with van der Waals surface area (Å²) in [6, 6.07) is 0. The summed E-state index contributed by atoms with van der Waals surface area (Å²) >= 11 is 4.08. The number of halogens is 1. The fourth-order valence-corrected chi connectivity index (χ4v) is 5.37. The van der Waals surface area contributed by atoms with Gasteiger partial charge in [0.25, 0.3) is 0 Å². The van der Waals surface area contributed by atoms with Gasteiger partial charge in [-0.25, -0.2) is 0 Å². The van der Waals surface area contributed by atoms with Gasteiger partial charge in [-0.15, -0.1) is 35.7 Å². The van der Waals surface area contributed by atoms with Crippen LogP contribution in [-0.2, 0) is 0 Å². The SMILES string of the molecule is CCCCCCCCCCCCCCCCCCSCCCN1C=CSC1.I. The van der Waals surface area contributed by atoms with E-state index in [1.165, 1.54) is 133 Å². The monoisotopic (exact) mass is 541 g/mol. The van der Waals surface area contributed by atoms with Crippen molar-refractivity contribution in [1.82, 2.24) is 4.90 Å². The summed E-state index contributed by atoms with van der Waals surface area (Å²) in [4.78, 5) is 2.43. The van der Waals surface area contributed by atoms with E-state index in [9.17, 15) is 0 Å². The Morgan fingerprint density at radius 3 is 1.61 bits per heavy atom. The number of hydrogen-bond acceptors (Lipinski definition) is 3. The zero-order valence-electron chi connectivity index (χ0n) is 18.7. The van der Waals surface area contributed by atoms with Crippen LogP contribution in [-0.4, -0.2) is 28.8 Å². The predicted molar refractivity (Wildman–Crippen MR) is 145 cm³/mol. The van der Waals surface area contributed by atoms with Crippen LogP contribution in [0.2, 0.25) is 0 Å². The van der Waals surface area contributed by atoms with Crippen molar-refractivity contribution in [2.75, 3.05) is 23.9 Å². The molecule has 168 valence electrons. The van der Waals surface area contributed by atoms with Crippen LogP contribution in [0.5, 0.6) is 0 Å². The third-order valence-electron chi connectivity index (χ3n) is 5.48. The van der Waals surface area contributed by atoms with E-state index >= 15 is 0 Å². The van der Waals surface area contributed by atoms with Crippen molar-refractivity contribution in [3.63, 3.8) is 0 Å². The smallest absolute Gasteiger partial charge is 0.0675 e. The van der Waals surface area contributed by atoms with Crippen molar-refractivity contribution in [2.24, 2.45) is 0 Å². The Hall–Kier alpha value is 0.970. The van der Waals surface area contributed by atoms with Gasteiger partial charge in [0.2, 0.25) is 0 Å². The van der Waals surface area contributed by atoms with E-state index in [1.807, 2.05) is 11.8 Å². The highest BCUT2D eigenvalue weighted by atomic mass is 127. The van der Waals surface area contributed by atoms with Gasteiger partial charge in [-0.1, -0.05) is 103 Å². The van der Waals surface area contributed by atoms with Crippen LogP contribution in [0, 0.1) is 0 Å². The lowest BCUT2D eigenvalue weighted by Gasteiger charge is -2.13. The maximum absolute atomic E-state index is 2.43. The average molecular weight is 542 g/mol. The van der Waals surface area contributed by atoms with Crippen molar-refractivity contribution in [3.8, 4) is 0 Å². The van der Waals surface area contributed by atoms with Crippen LogP contribution in [0.4, 0.5) is 0 Å². The molecule has 1 aliphatic heterocycles. The number of thioether (sulfide) groups is 2. The lowest BCUT2D eigenvalue weighted by atomic mass is 10.0. The molecule has 0 spiro atoms. The first-order valence-electron chi connectivity index (χ1n) is 12.0. The highest BCUT2D eigenvalue weighted by Gasteiger charge is 2.03. The van der Waals surface area contributed by atoms with Gasteiger partial charge in [-0.2, -0.15) is 11.8 Å². The van der Waals surface area contributed by atoms with E-state index < -0.39 is 0 Å². The van der Waals surface area contributed by atoms with E-state index in [-0.39, 0.29) is 24.0 Å². The van der Waals surface area contributed by atoms with Crippen molar-refractivity contribution >= 4 is 47.5 Å². The first-order valence-corrected chi connectivity index (χ1v) is 14.2. The summed E-state index contributed by atoms with van der Waals surface area (Å²) in [7, 11) is 0. The summed E-state index contributed by atoms with van der Waals surface area (Å²) in [6.45, 7) is 3.55. The zero-order valence-corrected chi connectivity index (χ0v) is 22.6. The molecule has 0 aromatic carbocycles. The van der Waals surface area contributed by atoms with Crippen LogP contribution < -0.4 is 0 Å². The Balaban J connectivity index is 0.00000729. The van der Waals surface area contributed by atoms with Gasteiger partial charge < -0.3 is 4.90 Å². The molecule has 0 unspecified atom stereocenters. The maximum atomic E-state index is 2.43. The second-order valence-corrected chi connectivity index (χ2v) is 10.3. The lowest BCUT2D eigenvalue weighted by Crippen LogP contribution is -2.15. The van der Waals surface area contributed by atoms with Crippen LogP contribution in [0.1, 0.15) is 116 Å². The molecular weight excluding hydrogens is 493 g/mol. The third-order valence-corrected chi connectivity index (χ3v) is 7.43. The first kappa shape index (κ1) is 29.0. The highest BCUT2D eigenvalue weighted by molar-refractivity contribution is 14.0. The highest BCUT2D eigenvalue weighted by Crippen LogP contribution is 2.17. The molecule has 0 fully saturated rings. The molecule has 0 aliphatic carbocycles. The van der Waals surface area contributed by atoms with E-state index in [2.05, 4.69) is 35.2 Å². The topological polar surface area (TPSA) is 3.24 Å². The van der Waals surface area contributed by atoms with Crippen LogP contribution in [0.15, 0.2) is 11.6 Å². The molecule has 0 bridgehead atoms. The molecule has 0 amide bonds. The average Bonchev–Trinajstić information content (AvgIpc) is 3.20. The van der Waals surface area contributed by atoms with Gasteiger partial charge in [0, 0.05) is 12.7 Å². The molecule has 0 saturated carbocycles. The summed E-state index contributed by atoms with van der Waals surface area (Å²) in [5, 5.41) is 2.21. The van der Waals surface area contributed by atoms with Crippen LogP contribution in [0.3, 0.4) is 0 Å². The molecule has 0 N–H and O–H groups in total. The fourth-order valence-electron chi connectivity index (χ4n) is 3.67. The molecule has 28 heavy (non-hydrogen) atoms. The van der Waals surface area contributed by atoms with E-state index in [0.717, 1.165) is 0 Å². The van der Waals surface area contributed by atoms with Crippen molar-refractivity contribution in [3.05, 3.63) is 11.6 Å². The molecule has 1 heterocycles. The van der Waals surface area contributed by atoms with Gasteiger partial charge in [0.1, 0.15) is 0 Å². The Kier molecular flexibility index (Phi) is 25.1. The molecule has 0 atom stereocenters.